The molecule has 0 spiro atoms. The number of rotatable bonds is 6. The van der Waals surface area contributed by atoms with Gasteiger partial charge in [0.15, 0.2) is 0 Å². The molecule has 1 heterocycles. The van der Waals surface area contributed by atoms with Crippen molar-refractivity contribution in [1.82, 2.24) is 10.2 Å². The van der Waals surface area contributed by atoms with Crippen molar-refractivity contribution < 1.29 is 14.3 Å². The van der Waals surface area contributed by atoms with Gasteiger partial charge in [0, 0.05) is 25.2 Å². The van der Waals surface area contributed by atoms with E-state index in [0.717, 1.165) is 30.8 Å². The first kappa shape index (κ1) is 22.1. The number of ether oxygens (including phenoxy) is 2. The molecule has 5 nitrogen and oxygen atoms in total. The number of halogens is 1. The molecule has 152 valence electrons. The Kier molecular flexibility index (Phi) is 8.15. The summed E-state index contributed by atoms with van der Waals surface area (Å²) in [6, 6.07) is 14.2. The van der Waals surface area contributed by atoms with Crippen LogP contribution in [0.1, 0.15) is 29.7 Å². The van der Waals surface area contributed by atoms with Gasteiger partial charge in [-0.3, -0.25) is 4.79 Å². The Balaban J connectivity index is 0.00000280. The smallest absolute Gasteiger partial charge is 0.227 e. The van der Waals surface area contributed by atoms with Crippen molar-refractivity contribution in [1.29, 1.82) is 0 Å². The fourth-order valence-corrected chi connectivity index (χ4v) is 3.56. The van der Waals surface area contributed by atoms with Gasteiger partial charge >= 0.3 is 0 Å². The van der Waals surface area contributed by atoms with Gasteiger partial charge in [-0.25, -0.2) is 0 Å². The van der Waals surface area contributed by atoms with Gasteiger partial charge in [0.1, 0.15) is 11.5 Å². The molecule has 2 aromatic carbocycles. The minimum atomic E-state index is 0. The fraction of sp³-hybridized carbons (Fsp3) is 0.409. The Hall–Kier alpha value is -2.24. The van der Waals surface area contributed by atoms with E-state index < -0.39 is 0 Å². The molecule has 6 heteroatoms. The summed E-state index contributed by atoms with van der Waals surface area (Å²) in [6.45, 7) is 4.43. The van der Waals surface area contributed by atoms with Crippen LogP contribution in [-0.4, -0.2) is 44.7 Å². The summed E-state index contributed by atoms with van der Waals surface area (Å²) in [6.07, 6.45) is 1.31. The van der Waals surface area contributed by atoms with Crippen LogP contribution in [0.5, 0.6) is 11.5 Å². The molecular formula is C22H29ClN2O3. The summed E-state index contributed by atoms with van der Waals surface area (Å²) in [4.78, 5) is 15.1. The van der Waals surface area contributed by atoms with Gasteiger partial charge in [-0.1, -0.05) is 31.2 Å². The first-order chi connectivity index (χ1) is 13.2. The molecule has 1 aliphatic heterocycles. The predicted molar refractivity (Wildman–Crippen MR) is 114 cm³/mol. The second kappa shape index (κ2) is 10.3. The highest BCUT2D eigenvalue weighted by Gasteiger charge is 2.28. The van der Waals surface area contributed by atoms with Crippen LogP contribution < -0.4 is 14.8 Å². The van der Waals surface area contributed by atoms with Crippen LogP contribution in [0.2, 0.25) is 0 Å². The molecule has 0 radical (unpaired) electrons. The highest BCUT2D eigenvalue weighted by atomic mass is 35.5. The van der Waals surface area contributed by atoms with E-state index in [1.807, 2.05) is 23.1 Å². The van der Waals surface area contributed by atoms with Crippen molar-refractivity contribution in [2.24, 2.45) is 0 Å². The summed E-state index contributed by atoms with van der Waals surface area (Å²) in [5.41, 5.74) is 3.33. The zero-order chi connectivity index (χ0) is 19.2. The molecule has 0 aromatic heterocycles. The Labute approximate surface area is 173 Å². The van der Waals surface area contributed by atoms with E-state index in [9.17, 15) is 4.79 Å². The van der Waals surface area contributed by atoms with Crippen LogP contribution in [0.15, 0.2) is 42.5 Å². The minimum Gasteiger partial charge on any atom is -0.497 e. The van der Waals surface area contributed by atoms with Gasteiger partial charge in [-0.2, -0.15) is 0 Å². The van der Waals surface area contributed by atoms with Gasteiger partial charge in [0.25, 0.3) is 0 Å². The van der Waals surface area contributed by atoms with Gasteiger partial charge in [0.2, 0.25) is 5.91 Å². The molecule has 0 bridgehead atoms. The summed E-state index contributed by atoms with van der Waals surface area (Å²) in [5, 5.41) is 3.41. The number of hydrogen-bond donors (Lipinski definition) is 1. The van der Waals surface area contributed by atoms with Crippen LogP contribution >= 0.6 is 12.4 Å². The van der Waals surface area contributed by atoms with Gasteiger partial charge in [-0.05, 0) is 35.7 Å². The maximum Gasteiger partial charge on any atom is 0.227 e. The Morgan fingerprint density at radius 2 is 1.89 bits per heavy atom. The van der Waals surface area contributed by atoms with Gasteiger partial charge in [-0.15, -0.1) is 12.4 Å². The van der Waals surface area contributed by atoms with Crippen LogP contribution in [0.4, 0.5) is 0 Å². The van der Waals surface area contributed by atoms with Crippen molar-refractivity contribution >= 4 is 18.3 Å². The van der Waals surface area contributed by atoms with E-state index in [1.54, 1.807) is 14.2 Å². The molecule has 1 N–H and O–H groups in total. The SMILES string of the molecule is CCc1ccc(C2CNCCN2C(=O)Cc2cc(OC)ccc2OC)cc1.Cl. The quantitative estimate of drug-likeness (QED) is 0.801. The summed E-state index contributed by atoms with van der Waals surface area (Å²) in [5.74, 6) is 1.54. The number of methoxy groups -OCH3 is 2. The molecule has 3 rings (SSSR count). The molecule has 0 saturated carbocycles. The van der Waals surface area contributed by atoms with E-state index in [0.29, 0.717) is 18.7 Å². The average Bonchev–Trinajstić information content (AvgIpc) is 2.73. The molecule has 1 aliphatic rings. The molecule has 1 atom stereocenters. The second-order valence-corrected chi connectivity index (χ2v) is 6.76. The normalized spacial score (nSPS) is 16.2. The largest absolute Gasteiger partial charge is 0.497 e. The molecule has 1 amide bonds. The standard InChI is InChI=1S/C22H28N2O3.ClH/c1-4-16-5-7-17(8-6-16)20-15-23-11-12-24(20)22(25)14-18-13-19(26-2)9-10-21(18)27-3;/h5-10,13,20,23H,4,11-12,14-15H2,1-3H3;1H. The van der Waals surface area contributed by atoms with Crippen LogP contribution in [0, 0.1) is 0 Å². The zero-order valence-corrected chi connectivity index (χ0v) is 17.6. The number of aryl methyl sites for hydroxylation is 1. The molecule has 1 fully saturated rings. The highest BCUT2D eigenvalue weighted by molar-refractivity contribution is 5.85. The lowest BCUT2D eigenvalue weighted by molar-refractivity contribution is -0.133. The molecule has 28 heavy (non-hydrogen) atoms. The average molecular weight is 405 g/mol. The van der Waals surface area contributed by atoms with E-state index >= 15 is 0 Å². The Morgan fingerprint density at radius 1 is 1.14 bits per heavy atom. The van der Waals surface area contributed by atoms with Crippen molar-refractivity contribution in [3.8, 4) is 11.5 Å². The van der Waals surface area contributed by atoms with E-state index in [2.05, 4.69) is 36.5 Å². The number of nitrogens with zero attached hydrogens (tertiary/aromatic N) is 1. The minimum absolute atomic E-state index is 0. The number of carbonyl (C=O) groups is 1. The number of hydrogen-bond acceptors (Lipinski definition) is 4. The van der Waals surface area contributed by atoms with Gasteiger partial charge in [0.05, 0.1) is 26.7 Å². The lowest BCUT2D eigenvalue weighted by Crippen LogP contribution is -2.49. The fourth-order valence-electron chi connectivity index (χ4n) is 3.56. The number of amides is 1. The highest BCUT2D eigenvalue weighted by Crippen LogP contribution is 2.28. The van der Waals surface area contributed by atoms with Crippen molar-refractivity contribution in [2.75, 3.05) is 33.9 Å². The third-order valence-electron chi connectivity index (χ3n) is 5.17. The molecule has 1 saturated heterocycles. The van der Waals surface area contributed by atoms with Crippen molar-refractivity contribution in [3.05, 3.63) is 59.2 Å². The first-order valence-electron chi connectivity index (χ1n) is 9.46. The van der Waals surface area contributed by atoms with Crippen molar-refractivity contribution in [2.45, 2.75) is 25.8 Å². The molecule has 1 unspecified atom stereocenters. The van der Waals surface area contributed by atoms with E-state index in [4.69, 9.17) is 9.47 Å². The number of nitrogens with one attached hydrogen (secondary N) is 1. The lowest BCUT2D eigenvalue weighted by Gasteiger charge is -2.37. The molecule has 0 aliphatic carbocycles. The summed E-state index contributed by atoms with van der Waals surface area (Å²) in [7, 11) is 3.25. The second-order valence-electron chi connectivity index (χ2n) is 6.76. The van der Waals surface area contributed by atoms with E-state index in [1.165, 1.54) is 11.1 Å². The van der Waals surface area contributed by atoms with Crippen LogP contribution in [-0.2, 0) is 17.6 Å². The monoisotopic (exact) mass is 404 g/mol. The molecular weight excluding hydrogens is 376 g/mol. The lowest BCUT2D eigenvalue weighted by atomic mass is 10.00. The summed E-state index contributed by atoms with van der Waals surface area (Å²) >= 11 is 0. The number of benzene rings is 2. The molecule has 2 aromatic rings. The van der Waals surface area contributed by atoms with E-state index in [-0.39, 0.29) is 24.4 Å². The van der Waals surface area contributed by atoms with Crippen molar-refractivity contribution in [3.63, 3.8) is 0 Å². The van der Waals surface area contributed by atoms with Crippen LogP contribution in [0.25, 0.3) is 0 Å². The third kappa shape index (κ3) is 4.97. The summed E-state index contributed by atoms with van der Waals surface area (Å²) < 4.78 is 10.7. The van der Waals surface area contributed by atoms with Crippen LogP contribution in [0.3, 0.4) is 0 Å². The first-order valence-corrected chi connectivity index (χ1v) is 9.46. The maximum absolute atomic E-state index is 13.1. The Bertz CT molecular complexity index is 780. The Morgan fingerprint density at radius 3 is 2.54 bits per heavy atom. The number of carbonyl (C=O) groups excluding carboxylic acids is 1. The number of piperazine rings is 1. The zero-order valence-electron chi connectivity index (χ0n) is 16.7. The maximum atomic E-state index is 13.1. The van der Waals surface area contributed by atoms with Gasteiger partial charge < -0.3 is 19.7 Å². The topological polar surface area (TPSA) is 50.8 Å². The third-order valence-corrected chi connectivity index (χ3v) is 5.17. The predicted octanol–water partition coefficient (Wildman–Crippen LogP) is 3.40.